The maximum atomic E-state index is 11.2. The first-order chi connectivity index (χ1) is 11.1. The number of aromatic nitrogens is 4. The molecule has 8 nitrogen and oxygen atoms in total. The highest BCUT2D eigenvalue weighted by molar-refractivity contribution is 6.28. The number of hydrogen-bond acceptors (Lipinski definition) is 5. The number of halogens is 1. The Bertz CT molecular complexity index is 925. The maximum absolute atomic E-state index is 11.2. The van der Waals surface area contributed by atoms with Crippen molar-refractivity contribution in [2.45, 2.75) is 13.1 Å². The van der Waals surface area contributed by atoms with E-state index in [4.69, 9.17) is 16.7 Å². The topological polar surface area (TPSA) is 107 Å². The molecule has 4 rings (SSSR count). The normalized spacial score (nSPS) is 13.3. The van der Waals surface area contributed by atoms with E-state index in [-0.39, 0.29) is 18.4 Å². The SMILES string of the molecule is O=C(O)N1Cc2nc(Cl)nc(Nc3ccc4[nH]ncc4c3)c2C1. The predicted octanol–water partition coefficient (Wildman–Crippen LogP) is 2.74. The summed E-state index contributed by atoms with van der Waals surface area (Å²) in [6, 6.07) is 5.70. The Morgan fingerprint density at radius 3 is 3.04 bits per heavy atom. The van der Waals surface area contributed by atoms with Gasteiger partial charge in [0, 0.05) is 16.6 Å². The number of rotatable bonds is 2. The van der Waals surface area contributed by atoms with Crippen molar-refractivity contribution in [1.82, 2.24) is 25.1 Å². The van der Waals surface area contributed by atoms with Gasteiger partial charge in [-0.1, -0.05) is 0 Å². The second-order valence-corrected chi connectivity index (χ2v) is 5.54. The number of carboxylic acid groups (broad SMARTS) is 1. The fourth-order valence-corrected chi connectivity index (χ4v) is 2.81. The summed E-state index contributed by atoms with van der Waals surface area (Å²) >= 11 is 5.96. The van der Waals surface area contributed by atoms with Gasteiger partial charge in [-0.3, -0.25) is 10.00 Å². The number of aromatic amines is 1. The fraction of sp³-hybridized carbons (Fsp3) is 0.143. The fourth-order valence-electron chi connectivity index (χ4n) is 2.62. The lowest BCUT2D eigenvalue weighted by atomic mass is 10.2. The smallest absolute Gasteiger partial charge is 0.407 e. The molecule has 1 aliphatic rings. The van der Waals surface area contributed by atoms with Gasteiger partial charge in [-0.15, -0.1) is 0 Å². The van der Waals surface area contributed by atoms with Crippen LogP contribution in [0.4, 0.5) is 16.3 Å². The van der Waals surface area contributed by atoms with Crippen LogP contribution in [0.15, 0.2) is 24.4 Å². The molecule has 9 heteroatoms. The van der Waals surface area contributed by atoms with Crippen molar-refractivity contribution in [1.29, 1.82) is 0 Å². The number of anilines is 2. The number of benzene rings is 1. The van der Waals surface area contributed by atoms with E-state index < -0.39 is 6.09 Å². The molecule has 1 aliphatic heterocycles. The van der Waals surface area contributed by atoms with Crippen LogP contribution in [0.5, 0.6) is 0 Å². The minimum Gasteiger partial charge on any atom is -0.465 e. The summed E-state index contributed by atoms with van der Waals surface area (Å²) in [4.78, 5) is 20.7. The zero-order valence-electron chi connectivity index (χ0n) is 11.7. The van der Waals surface area contributed by atoms with Gasteiger partial charge in [-0.05, 0) is 29.8 Å². The van der Waals surface area contributed by atoms with Crippen molar-refractivity contribution in [3.63, 3.8) is 0 Å². The summed E-state index contributed by atoms with van der Waals surface area (Å²) in [5.74, 6) is 0.520. The first kappa shape index (κ1) is 13.8. The van der Waals surface area contributed by atoms with Crippen LogP contribution < -0.4 is 5.32 Å². The molecule has 23 heavy (non-hydrogen) atoms. The van der Waals surface area contributed by atoms with Crippen molar-refractivity contribution < 1.29 is 9.90 Å². The van der Waals surface area contributed by atoms with Crippen LogP contribution in [0.1, 0.15) is 11.3 Å². The number of H-pyrrole nitrogens is 1. The number of fused-ring (bicyclic) bond motifs is 2. The molecule has 3 N–H and O–H groups in total. The lowest BCUT2D eigenvalue weighted by molar-refractivity contribution is 0.145. The molecule has 0 bridgehead atoms. The third-order valence-electron chi connectivity index (χ3n) is 3.73. The summed E-state index contributed by atoms with van der Waals surface area (Å²) in [6.45, 7) is 0.445. The van der Waals surface area contributed by atoms with Gasteiger partial charge in [-0.25, -0.2) is 14.8 Å². The van der Waals surface area contributed by atoms with Crippen LogP contribution in [-0.2, 0) is 13.1 Å². The van der Waals surface area contributed by atoms with Crippen molar-refractivity contribution in [2.75, 3.05) is 5.32 Å². The molecular formula is C14H11ClN6O2. The van der Waals surface area contributed by atoms with E-state index in [1.165, 1.54) is 4.90 Å². The second-order valence-electron chi connectivity index (χ2n) is 5.20. The largest absolute Gasteiger partial charge is 0.465 e. The van der Waals surface area contributed by atoms with Crippen molar-refractivity contribution in [3.8, 4) is 0 Å². The summed E-state index contributed by atoms with van der Waals surface area (Å²) in [6.07, 6.45) is 0.731. The third kappa shape index (κ3) is 2.42. The van der Waals surface area contributed by atoms with Crippen molar-refractivity contribution in [2.24, 2.45) is 0 Å². The Balaban J connectivity index is 1.71. The van der Waals surface area contributed by atoms with Crippen LogP contribution in [0.2, 0.25) is 5.28 Å². The monoisotopic (exact) mass is 330 g/mol. The third-order valence-corrected chi connectivity index (χ3v) is 3.90. The van der Waals surface area contributed by atoms with Gasteiger partial charge >= 0.3 is 6.09 Å². The Morgan fingerprint density at radius 2 is 2.22 bits per heavy atom. The van der Waals surface area contributed by atoms with E-state index in [0.29, 0.717) is 11.5 Å². The molecule has 0 aliphatic carbocycles. The van der Waals surface area contributed by atoms with Gasteiger partial charge < -0.3 is 10.4 Å². The van der Waals surface area contributed by atoms with Gasteiger partial charge in [0.05, 0.1) is 30.5 Å². The Kier molecular flexibility index (Phi) is 3.05. The van der Waals surface area contributed by atoms with E-state index >= 15 is 0 Å². The minimum absolute atomic E-state index is 0.0860. The zero-order valence-corrected chi connectivity index (χ0v) is 12.5. The molecule has 0 saturated carbocycles. The Morgan fingerprint density at radius 1 is 1.35 bits per heavy atom. The van der Waals surface area contributed by atoms with E-state index in [9.17, 15) is 4.79 Å². The van der Waals surface area contributed by atoms with Crippen LogP contribution in [0.25, 0.3) is 10.9 Å². The minimum atomic E-state index is -0.995. The summed E-state index contributed by atoms with van der Waals surface area (Å²) in [5.41, 5.74) is 3.10. The molecule has 0 radical (unpaired) electrons. The average molecular weight is 331 g/mol. The number of nitrogens with zero attached hydrogens (tertiary/aromatic N) is 4. The standard InChI is InChI=1S/C14H11ClN6O2/c15-13-18-11-6-21(14(22)23)5-9(11)12(19-13)17-8-1-2-10-7(3-8)4-16-20-10/h1-4H,5-6H2,(H,16,20)(H,22,23)(H,17,18,19). The molecule has 0 spiro atoms. The first-order valence-corrected chi connectivity index (χ1v) is 7.21. The van der Waals surface area contributed by atoms with E-state index in [1.807, 2.05) is 18.2 Å². The number of carbonyl (C=O) groups is 1. The molecule has 0 saturated heterocycles. The maximum Gasteiger partial charge on any atom is 0.407 e. The number of nitrogens with one attached hydrogen (secondary N) is 2. The summed E-state index contributed by atoms with van der Waals surface area (Å²) < 4.78 is 0. The van der Waals surface area contributed by atoms with E-state index in [1.54, 1.807) is 6.20 Å². The van der Waals surface area contributed by atoms with Gasteiger partial charge in [0.25, 0.3) is 0 Å². The van der Waals surface area contributed by atoms with Crippen LogP contribution in [-0.4, -0.2) is 36.3 Å². The average Bonchev–Trinajstić information content (AvgIpc) is 3.12. The highest BCUT2D eigenvalue weighted by Gasteiger charge is 2.28. The molecule has 2 aromatic heterocycles. The summed E-state index contributed by atoms with van der Waals surface area (Å²) in [5, 5.41) is 20.2. The molecular weight excluding hydrogens is 320 g/mol. The molecule has 0 fully saturated rings. The predicted molar refractivity (Wildman–Crippen MR) is 83.7 cm³/mol. The van der Waals surface area contributed by atoms with Crippen LogP contribution in [0.3, 0.4) is 0 Å². The first-order valence-electron chi connectivity index (χ1n) is 6.83. The second kappa shape index (κ2) is 5.10. The van der Waals surface area contributed by atoms with Gasteiger partial charge in [0.2, 0.25) is 5.28 Å². The molecule has 1 aromatic carbocycles. The van der Waals surface area contributed by atoms with Gasteiger partial charge in [-0.2, -0.15) is 5.10 Å². The van der Waals surface area contributed by atoms with Crippen LogP contribution in [0, 0.1) is 0 Å². The quantitative estimate of drug-likeness (QED) is 0.624. The van der Waals surface area contributed by atoms with Gasteiger partial charge in [0.1, 0.15) is 5.82 Å². The number of hydrogen-bond donors (Lipinski definition) is 3. The summed E-state index contributed by atoms with van der Waals surface area (Å²) in [7, 11) is 0. The van der Waals surface area contributed by atoms with Crippen LogP contribution >= 0.6 is 11.6 Å². The lowest BCUT2D eigenvalue weighted by Gasteiger charge is -2.11. The highest BCUT2D eigenvalue weighted by Crippen LogP contribution is 2.30. The van der Waals surface area contributed by atoms with Gasteiger partial charge in [0.15, 0.2) is 0 Å². The van der Waals surface area contributed by atoms with Crippen molar-refractivity contribution >= 4 is 40.1 Å². The molecule has 0 unspecified atom stereocenters. The molecule has 116 valence electrons. The molecule has 0 atom stereocenters. The van der Waals surface area contributed by atoms with Crippen molar-refractivity contribution in [3.05, 3.63) is 40.9 Å². The Labute approximate surface area is 135 Å². The molecule has 1 amide bonds. The molecule has 3 aromatic rings. The zero-order chi connectivity index (χ0) is 16.0. The molecule has 3 heterocycles. The Hall–Kier alpha value is -2.87. The lowest BCUT2D eigenvalue weighted by Crippen LogP contribution is -2.22. The van der Waals surface area contributed by atoms with E-state index in [0.717, 1.165) is 22.2 Å². The van der Waals surface area contributed by atoms with E-state index in [2.05, 4.69) is 25.5 Å². The number of amides is 1. The highest BCUT2D eigenvalue weighted by atomic mass is 35.5.